The van der Waals surface area contributed by atoms with Gasteiger partial charge < -0.3 is 10.1 Å². The number of rotatable bonds is 6. The van der Waals surface area contributed by atoms with E-state index in [4.69, 9.17) is 16.3 Å². The Bertz CT molecular complexity index is 633. The van der Waals surface area contributed by atoms with Crippen LogP contribution in [0.1, 0.15) is 30.6 Å². The number of anilines is 1. The molecule has 7 heteroatoms. The van der Waals surface area contributed by atoms with Crippen molar-refractivity contribution < 1.29 is 19.1 Å². The van der Waals surface area contributed by atoms with Crippen LogP contribution in [-0.2, 0) is 9.59 Å². The Balaban J connectivity index is 2.32. The number of carbonyl (C=O) groups excluding carboxylic acids is 3. The fourth-order valence-electron chi connectivity index (χ4n) is 2.28. The van der Waals surface area contributed by atoms with Crippen LogP contribution in [0, 0.1) is 0 Å². The number of Topliss-reactive ketones (excluding diaryl/α,β-unsaturated/α-hetero) is 1. The minimum absolute atomic E-state index is 0.113. The molecule has 0 fully saturated rings. The van der Waals surface area contributed by atoms with E-state index in [1.165, 1.54) is 11.0 Å². The Kier molecular flexibility index (Phi) is 5.60. The van der Waals surface area contributed by atoms with Gasteiger partial charge >= 0.3 is 0 Å². The van der Waals surface area contributed by atoms with Crippen molar-refractivity contribution in [3.05, 3.63) is 23.8 Å². The van der Waals surface area contributed by atoms with Gasteiger partial charge in [-0.05, 0) is 31.5 Å². The first-order valence-electron chi connectivity index (χ1n) is 7.45. The molecule has 2 rings (SSSR count). The predicted molar refractivity (Wildman–Crippen MR) is 87.2 cm³/mol. The van der Waals surface area contributed by atoms with E-state index in [0.29, 0.717) is 23.5 Å². The lowest BCUT2D eigenvalue weighted by molar-refractivity contribution is -0.128. The number of fused-ring (bicyclic) bond motifs is 1. The number of ketones is 1. The summed E-state index contributed by atoms with van der Waals surface area (Å²) in [4.78, 5) is 37.4. The van der Waals surface area contributed by atoms with Gasteiger partial charge in [-0.25, -0.2) is 0 Å². The molecule has 0 spiro atoms. The molecule has 0 saturated carbocycles. The molecule has 1 aromatic carbocycles. The van der Waals surface area contributed by atoms with Crippen LogP contribution in [0.3, 0.4) is 0 Å². The monoisotopic (exact) mass is 338 g/mol. The zero-order valence-electron chi connectivity index (χ0n) is 13.1. The van der Waals surface area contributed by atoms with Gasteiger partial charge in [0.1, 0.15) is 12.3 Å². The van der Waals surface area contributed by atoms with Crippen LogP contribution in [0.15, 0.2) is 18.2 Å². The molecule has 1 heterocycles. The maximum Gasteiger partial charge on any atom is 0.268 e. The second-order valence-corrected chi connectivity index (χ2v) is 5.54. The Hall–Kier alpha value is -2.08. The average molecular weight is 339 g/mol. The van der Waals surface area contributed by atoms with Gasteiger partial charge in [0, 0.05) is 12.1 Å². The molecule has 6 nitrogen and oxygen atoms in total. The number of hydrogen-bond acceptors (Lipinski definition) is 4. The fourth-order valence-corrected chi connectivity index (χ4v) is 2.44. The van der Waals surface area contributed by atoms with Crippen molar-refractivity contribution in [2.45, 2.75) is 26.4 Å². The van der Waals surface area contributed by atoms with Crippen LogP contribution in [0.4, 0.5) is 5.69 Å². The molecule has 0 bridgehead atoms. The lowest BCUT2D eigenvalue weighted by Crippen LogP contribution is -2.49. The second kappa shape index (κ2) is 7.46. The minimum Gasteiger partial charge on any atom is -0.479 e. The largest absolute Gasteiger partial charge is 0.479 e. The van der Waals surface area contributed by atoms with E-state index >= 15 is 0 Å². The molecule has 1 N–H and O–H groups in total. The maximum absolute atomic E-state index is 12.4. The average Bonchev–Trinajstić information content (AvgIpc) is 2.56. The summed E-state index contributed by atoms with van der Waals surface area (Å²) in [6.07, 6.45) is 0.125. The summed E-state index contributed by atoms with van der Waals surface area (Å²) in [5, 5.41) is 2.73. The summed E-state index contributed by atoms with van der Waals surface area (Å²) in [6, 6.07) is 4.76. The molecule has 1 aromatic rings. The third kappa shape index (κ3) is 3.82. The predicted octanol–water partition coefficient (Wildman–Crippen LogP) is 1.75. The summed E-state index contributed by atoms with van der Waals surface area (Å²) < 4.78 is 5.54. The van der Waals surface area contributed by atoms with Gasteiger partial charge in [0.05, 0.1) is 11.6 Å². The first-order chi connectivity index (χ1) is 11.0. The molecular formula is C16H19ClN2O4. The molecule has 1 aliphatic rings. The number of halogens is 1. The van der Waals surface area contributed by atoms with Gasteiger partial charge in [0.15, 0.2) is 11.9 Å². The topological polar surface area (TPSA) is 75.7 Å². The highest BCUT2D eigenvalue weighted by Crippen LogP contribution is 2.35. The molecule has 2 amide bonds. The SMILES string of the molecule is CCCNC(=O)CN1C(=O)C(C)Oc2ccc(C(=O)CCl)cc21. The smallest absolute Gasteiger partial charge is 0.268 e. The number of ether oxygens (including phenoxy) is 1. The number of nitrogens with one attached hydrogen (secondary N) is 1. The lowest BCUT2D eigenvalue weighted by atomic mass is 10.1. The Morgan fingerprint density at radius 3 is 2.78 bits per heavy atom. The summed E-state index contributed by atoms with van der Waals surface area (Å²) >= 11 is 5.57. The number of alkyl halides is 1. The number of hydrogen-bond donors (Lipinski definition) is 1. The van der Waals surface area contributed by atoms with Crippen molar-refractivity contribution in [1.29, 1.82) is 0 Å². The van der Waals surface area contributed by atoms with Crippen LogP contribution >= 0.6 is 11.6 Å². The third-order valence-electron chi connectivity index (χ3n) is 3.48. The van der Waals surface area contributed by atoms with E-state index in [-0.39, 0.29) is 30.0 Å². The maximum atomic E-state index is 12.4. The Morgan fingerprint density at radius 2 is 2.13 bits per heavy atom. The zero-order chi connectivity index (χ0) is 17.0. The standard InChI is InChI=1S/C16H19ClN2O4/c1-3-6-18-15(21)9-19-12-7-11(13(20)8-17)4-5-14(12)23-10(2)16(19)22/h4-5,7,10H,3,6,8-9H2,1-2H3,(H,18,21). The molecular weight excluding hydrogens is 320 g/mol. The first-order valence-corrected chi connectivity index (χ1v) is 7.99. The highest BCUT2D eigenvalue weighted by Gasteiger charge is 2.33. The van der Waals surface area contributed by atoms with Crippen molar-refractivity contribution >= 4 is 34.9 Å². The minimum atomic E-state index is -0.684. The summed E-state index contributed by atoms with van der Waals surface area (Å²) in [7, 11) is 0. The first kappa shape index (κ1) is 17.3. The van der Waals surface area contributed by atoms with Crippen molar-refractivity contribution in [2.75, 3.05) is 23.9 Å². The van der Waals surface area contributed by atoms with Crippen LogP contribution in [0.25, 0.3) is 0 Å². The quantitative estimate of drug-likeness (QED) is 0.633. The number of benzene rings is 1. The number of nitrogens with zero attached hydrogens (tertiary/aromatic N) is 1. The molecule has 23 heavy (non-hydrogen) atoms. The van der Waals surface area contributed by atoms with Crippen LogP contribution in [0.2, 0.25) is 0 Å². The Morgan fingerprint density at radius 1 is 1.39 bits per heavy atom. The van der Waals surface area contributed by atoms with Gasteiger partial charge in [-0.2, -0.15) is 0 Å². The summed E-state index contributed by atoms with van der Waals surface area (Å²) in [5.41, 5.74) is 0.791. The highest BCUT2D eigenvalue weighted by molar-refractivity contribution is 6.30. The van der Waals surface area contributed by atoms with E-state index in [2.05, 4.69) is 5.32 Å². The lowest BCUT2D eigenvalue weighted by Gasteiger charge is -2.32. The van der Waals surface area contributed by atoms with Gasteiger partial charge in [0.2, 0.25) is 5.91 Å². The molecule has 0 radical (unpaired) electrons. The number of amides is 2. The van der Waals surface area contributed by atoms with Crippen LogP contribution in [0.5, 0.6) is 5.75 Å². The van der Waals surface area contributed by atoms with E-state index in [1.54, 1.807) is 19.1 Å². The van der Waals surface area contributed by atoms with Crippen molar-refractivity contribution in [2.24, 2.45) is 0 Å². The molecule has 1 atom stereocenters. The highest BCUT2D eigenvalue weighted by atomic mass is 35.5. The molecule has 124 valence electrons. The summed E-state index contributed by atoms with van der Waals surface area (Å²) in [6.45, 7) is 4.00. The van der Waals surface area contributed by atoms with Gasteiger partial charge in [-0.1, -0.05) is 6.92 Å². The van der Waals surface area contributed by atoms with E-state index < -0.39 is 6.10 Å². The van der Waals surface area contributed by atoms with Gasteiger partial charge in [-0.3, -0.25) is 19.3 Å². The molecule has 0 saturated heterocycles. The van der Waals surface area contributed by atoms with Crippen molar-refractivity contribution in [1.82, 2.24) is 5.32 Å². The van der Waals surface area contributed by atoms with Crippen molar-refractivity contribution in [3.63, 3.8) is 0 Å². The van der Waals surface area contributed by atoms with Crippen LogP contribution < -0.4 is 15.0 Å². The molecule has 1 unspecified atom stereocenters. The second-order valence-electron chi connectivity index (χ2n) is 5.27. The van der Waals surface area contributed by atoms with Gasteiger partial charge in [0.25, 0.3) is 5.91 Å². The third-order valence-corrected chi connectivity index (χ3v) is 3.73. The summed E-state index contributed by atoms with van der Waals surface area (Å²) in [5.74, 6) is -0.516. The fraction of sp³-hybridized carbons (Fsp3) is 0.438. The van der Waals surface area contributed by atoms with Gasteiger partial charge in [-0.15, -0.1) is 11.6 Å². The van der Waals surface area contributed by atoms with E-state index in [9.17, 15) is 14.4 Å². The molecule has 0 aliphatic carbocycles. The molecule has 0 aromatic heterocycles. The van der Waals surface area contributed by atoms with E-state index in [1.807, 2.05) is 6.92 Å². The zero-order valence-corrected chi connectivity index (χ0v) is 13.9. The Labute approximate surface area is 139 Å². The van der Waals surface area contributed by atoms with Crippen molar-refractivity contribution in [3.8, 4) is 5.75 Å². The van der Waals surface area contributed by atoms with Crippen LogP contribution in [-0.4, -0.2) is 42.7 Å². The normalized spacial score (nSPS) is 16.6. The van der Waals surface area contributed by atoms with E-state index in [0.717, 1.165) is 6.42 Å². The molecule has 1 aliphatic heterocycles. The number of carbonyl (C=O) groups is 3.